The van der Waals surface area contributed by atoms with E-state index < -0.39 is 0 Å². The molecule has 144 valence electrons. The number of aryl methyl sites for hydroxylation is 1. The molecular weight excluding hydrogens is 346 g/mol. The lowest BCUT2D eigenvalue weighted by atomic mass is 10.2. The van der Waals surface area contributed by atoms with E-state index in [0.717, 1.165) is 26.2 Å². The number of benzene rings is 1. The van der Waals surface area contributed by atoms with Gasteiger partial charge in [-0.15, -0.1) is 0 Å². The van der Waals surface area contributed by atoms with Crippen molar-refractivity contribution in [2.24, 2.45) is 0 Å². The molecule has 0 atom stereocenters. The Labute approximate surface area is 159 Å². The molecule has 2 heterocycles. The number of likely N-dealkylation sites (N-methyl/N-ethyl adjacent to an activating group) is 1. The maximum Gasteiger partial charge on any atom is 0.259 e. The van der Waals surface area contributed by atoms with Crippen LogP contribution in [0.3, 0.4) is 0 Å². The highest BCUT2D eigenvalue weighted by Crippen LogP contribution is 2.29. The van der Waals surface area contributed by atoms with Crippen molar-refractivity contribution in [1.82, 2.24) is 14.9 Å². The summed E-state index contributed by atoms with van der Waals surface area (Å²) in [5.41, 5.74) is 1.64. The molecule has 1 aromatic carbocycles. The number of piperazine rings is 1. The molecule has 0 radical (unpaired) electrons. The number of aromatic nitrogens is 2. The fourth-order valence-corrected chi connectivity index (χ4v) is 2.93. The minimum Gasteiger partial charge on any atom is -0.497 e. The Morgan fingerprint density at radius 3 is 2.52 bits per heavy atom. The highest BCUT2D eigenvalue weighted by atomic mass is 16.5. The molecule has 1 amide bonds. The van der Waals surface area contributed by atoms with Crippen molar-refractivity contribution in [3.8, 4) is 11.5 Å². The van der Waals surface area contributed by atoms with Crippen LogP contribution >= 0.6 is 0 Å². The number of hydrogen-bond acceptors (Lipinski definition) is 7. The first kappa shape index (κ1) is 18.9. The summed E-state index contributed by atoms with van der Waals surface area (Å²) in [7, 11) is 5.23. The van der Waals surface area contributed by atoms with Crippen molar-refractivity contribution in [3.63, 3.8) is 0 Å². The minimum absolute atomic E-state index is 0.277. The average molecular weight is 371 g/mol. The molecule has 0 saturated carbocycles. The smallest absolute Gasteiger partial charge is 0.259 e. The van der Waals surface area contributed by atoms with Gasteiger partial charge in [0.2, 0.25) is 5.95 Å². The number of methoxy groups -OCH3 is 2. The second kappa shape index (κ2) is 8.22. The predicted molar refractivity (Wildman–Crippen MR) is 104 cm³/mol. The molecule has 3 rings (SSSR count). The lowest BCUT2D eigenvalue weighted by Gasteiger charge is -2.32. The highest BCUT2D eigenvalue weighted by Gasteiger charge is 2.19. The van der Waals surface area contributed by atoms with Gasteiger partial charge in [0.25, 0.3) is 5.91 Å². The van der Waals surface area contributed by atoms with Crippen molar-refractivity contribution in [2.75, 3.05) is 57.7 Å². The minimum atomic E-state index is -0.277. The number of amides is 1. The van der Waals surface area contributed by atoms with E-state index in [1.54, 1.807) is 38.6 Å². The first-order valence-electron chi connectivity index (χ1n) is 8.82. The van der Waals surface area contributed by atoms with Crippen molar-refractivity contribution in [2.45, 2.75) is 6.92 Å². The molecular formula is C19H25N5O3. The van der Waals surface area contributed by atoms with Crippen LogP contribution in [-0.4, -0.2) is 68.2 Å². The van der Waals surface area contributed by atoms with Crippen molar-refractivity contribution >= 4 is 17.5 Å². The molecule has 0 unspecified atom stereocenters. The van der Waals surface area contributed by atoms with E-state index in [4.69, 9.17) is 9.47 Å². The fourth-order valence-electron chi connectivity index (χ4n) is 2.93. The maximum absolute atomic E-state index is 12.7. The van der Waals surface area contributed by atoms with Gasteiger partial charge in [-0.2, -0.15) is 0 Å². The molecule has 1 N–H and O–H groups in total. The van der Waals surface area contributed by atoms with Crippen molar-refractivity contribution in [1.29, 1.82) is 0 Å². The Kier molecular flexibility index (Phi) is 5.75. The number of nitrogens with one attached hydrogen (secondary N) is 1. The summed E-state index contributed by atoms with van der Waals surface area (Å²) in [6, 6.07) is 5.22. The number of nitrogens with zero attached hydrogens (tertiary/aromatic N) is 4. The van der Waals surface area contributed by atoms with Crippen LogP contribution in [0.1, 0.15) is 16.1 Å². The van der Waals surface area contributed by atoms with Crippen LogP contribution in [0.2, 0.25) is 0 Å². The zero-order chi connectivity index (χ0) is 19.4. The van der Waals surface area contributed by atoms with Crippen LogP contribution < -0.4 is 19.7 Å². The summed E-state index contributed by atoms with van der Waals surface area (Å²) < 4.78 is 10.5. The number of hydrogen-bond donors (Lipinski definition) is 1. The largest absolute Gasteiger partial charge is 0.497 e. The quantitative estimate of drug-likeness (QED) is 0.858. The third-order valence-corrected chi connectivity index (χ3v) is 4.65. The Hall–Kier alpha value is -2.87. The lowest BCUT2D eigenvalue weighted by Crippen LogP contribution is -2.45. The first-order chi connectivity index (χ1) is 13.0. The van der Waals surface area contributed by atoms with Crippen LogP contribution in [0.25, 0.3) is 0 Å². The van der Waals surface area contributed by atoms with Gasteiger partial charge in [-0.05, 0) is 26.1 Å². The second-order valence-electron chi connectivity index (χ2n) is 6.48. The topological polar surface area (TPSA) is 79.8 Å². The molecule has 1 aliphatic heterocycles. The molecule has 2 aromatic rings. The lowest BCUT2D eigenvalue weighted by molar-refractivity contribution is 0.102. The van der Waals surface area contributed by atoms with Gasteiger partial charge >= 0.3 is 0 Å². The molecule has 1 aromatic heterocycles. The summed E-state index contributed by atoms with van der Waals surface area (Å²) >= 11 is 0. The van der Waals surface area contributed by atoms with Crippen LogP contribution in [0, 0.1) is 6.92 Å². The van der Waals surface area contributed by atoms with Crippen LogP contribution in [0.15, 0.2) is 24.4 Å². The standard InChI is InChI=1S/C19H25N5O3/c1-13-15(12-20-19(21-13)24-9-7-23(2)8-10-24)18(25)22-16-6-5-14(26-3)11-17(16)27-4/h5-6,11-12H,7-10H2,1-4H3,(H,22,25). The SMILES string of the molecule is COc1ccc(NC(=O)c2cnc(N3CCN(C)CC3)nc2C)c(OC)c1. The van der Waals surface area contributed by atoms with Gasteiger partial charge < -0.3 is 24.6 Å². The molecule has 0 aliphatic carbocycles. The number of anilines is 2. The fraction of sp³-hybridized carbons (Fsp3) is 0.421. The average Bonchev–Trinajstić information content (AvgIpc) is 2.68. The van der Waals surface area contributed by atoms with Crippen molar-refractivity contribution in [3.05, 3.63) is 35.7 Å². The zero-order valence-corrected chi connectivity index (χ0v) is 16.2. The van der Waals surface area contributed by atoms with Gasteiger partial charge in [0.1, 0.15) is 11.5 Å². The summed E-state index contributed by atoms with van der Waals surface area (Å²) in [6.45, 7) is 5.53. The third kappa shape index (κ3) is 4.28. The molecule has 8 heteroatoms. The Bertz CT molecular complexity index is 819. The van der Waals surface area contributed by atoms with E-state index in [2.05, 4.69) is 32.1 Å². The predicted octanol–water partition coefficient (Wildman–Crippen LogP) is 1.81. The number of ether oxygens (including phenoxy) is 2. The number of rotatable bonds is 5. The number of carbonyl (C=O) groups excluding carboxylic acids is 1. The van der Waals surface area contributed by atoms with E-state index >= 15 is 0 Å². The molecule has 0 spiro atoms. The van der Waals surface area contributed by atoms with Gasteiger partial charge in [-0.25, -0.2) is 9.97 Å². The second-order valence-corrected chi connectivity index (χ2v) is 6.48. The molecule has 1 fully saturated rings. The van der Waals surface area contributed by atoms with Crippen LogP contribution in [0.5, 0.6) is 11.5 Å². The van der Waals surface area contributed by atoms with Gasteiger partial charge in [-0.3, -0.25) is 4.79 Å². The van der Waals surface area contributed by atoms with E-state index in [1.165, 1.54) is 0 Å². The van der Waals surface area contributed by atoms with Crippen LogP contribution in [-0.2, 0) is 0 Å². The van der Waals surface area contributed by atoms with E-state index in [0.29, 0.717) is 34.4 Å². The molecule has 1 aliphatic rings. The summed E-state index contributed by atoms with van der Waals surface area (Å²) in [6.07, 6.45) is 1.58. The molecule has 8 nitrogen and oxygen atoms in total. The number of carbonyl (C=O) groups is 1. The Balaban J connectivity index is 1.75. The highest BCUT2D eigenvalue weighted by molar-refractivity contribution is 6.05. The first-order valence-corrected chi connectivity index (χ1v) is 8.82. The maximum atomic E-state index is 12.7. The Morgan fingerprint density at radius 1 is 1.15 bits per heavy atom. The van der Waals surface area contributed by atoms with Crippen molar-refractivity contribution < 1.29 is 14.3 Å². The van der Waals surface area contributed by atoms with E-state index in [1.807, 2.05) is 6.92 Å². The zero-order valence-electron chi connectivity index (χ0n) is 16.2. The van der Waals surface area contributed by atoms with Gasteiger partial charge in [0, 0.05) is 38.4 Å². The summed E-state index contributed by atoms with van der Waals surface area (Å²) in [5, 5.41) is 2.85. The molecule has 0 bridgehead atoms. The third-order valence-electron chi connectivity index (χ3n) is 4.65. The van der Waals surface area contributed by atoms with E-state index in [9.17, 15) is 4.79 Å². The molecule has 27 heavy (non-hydrogen) atoms. The summed E-state index contributed by atoms with van der Waals surface area (Å²) in [5.74, 6) is 1.57. The van der Waals surface area contributed by atoms with E-state index in [-0.39, 0.29) is 5.91 Å². The summed E-state index contributed by atoms with van der Waals surface area (Å²) in [4.78, 5) is 26.0. The monoisotopic (exact) mass is 371 g/mol. The van der Waals surface area contributed by atoms with Gasteiger partial charge in [-0.1, -0.05) is 0 Å². The normalized spacial score (nSPS) is 14.7. The molecule has 1 saturated heterocycles. The van der Waals surface area contributed by atoms with Gasteiger partial charge in [0.15, 0.2) is 0 Å². The van der Waals surface area contributed by atoms with Crippen LogP contribution in [0.4, 0.5) is 11.6 Å². The van der Waals surface area contributed by atoms with Gasteiger partial charge in [0.05, 0.1) is 31.2 Å². The Morgan fingerprint density at radius 2 is 1.89 bits per heavy atom.